The highest BCUT2D eigenvalue weighted by molar-refractivity contribution is 5.70. The summed E-state index contributed by atoms with van der Waals surface area (Å²) in [4.78, 5) is 11.8. The Morgan fingerprint density at radius 3 is 2.38 bits per heavy atom. The molecule has 2 heterocycles. The van der Waals surface area contributed by atoms with Gasteiger partial charge in [0, 0.05) is 19.6 Å². The van der Waals surface area contributed by atoms with Crippen LogP contribution in [-0.2, 0) is 33.2 Å². The maximum atomic E-state index is 11.8. The third kappa shape index (κ3) is 11.5. The maximum absolute atomic E-state index is 11.8. The van der Waals surface area contributed by atoms with Crippen molar-refractivity contribution in [2.24, 2.45) is 17.8 Å². The van der Waals surface area contributed by atoms with Gasteiger partial charge in [0.05, 0.1) is 31.5 Å². The second kappa shape index (κ2) is 19.4. The van der Waals surface area contributed by atoms with Crippen molar-refractivity contribution in [3.8, 4) is 0 Å². The summed E-state index contributed by atoms with van der Waals surface area (Å²) in [5, 5.41) is 11.2. The minimum absolute atomic E-state index is 0.0198. The van der Waals surface area contributed by atoms with Gasteiger partial charge >= 0.3 is 5.97 Å². The minimum atomic E-state index is -0.418. The fraction of sp³-hybridized carbons (Fsp3) is 0.912. The Labute approximate surface area is 254 Å². The number of aliphatic hydroxyl groups is 1. The first-order chi connectivity index (χ1) is 20.6. The SMILES string of the molecule is CCCCOC(=O)COC/C=C\C[C@@H]1[C@@H](CC[C@@H](OC2CCCCO2)C2CCCCC2)[C@H](OC2CCCCO2)C[C@@H]1O. The van der Waals surface area contributed by atoms with E-state index in [0.717, 1.165) is 77.4 Å². The van der Waals surface area contributed by atoms with Gasteiger partial charge in [0.1, 0.15) is 6.61 Å². The number of carbonyl (C=O) groups is 1. The molecule has 0 aromatic heterocycles. The van der Waals surface area contributed by atoms with Crippen LogP contribution in [0.15, 0.2) is 12.2 Å². The van der Waals surface area contributed by atoms with Crippen LogP contribution < -0.4 is 0 Å². The fourth-order valence-electron chi connectivity index (χ4n) is 7.25. The number of carbonyl (C=O) groups excluding carboxylic acids is 1. The summed E-state index contributed by atoms with van der Waals surface area (Å²) in [6.07, 6.45) is 21.5. The summed E-state index contributed by atoms with van der Waals surface area (Å²) >= 11 is 0. The minimum Gasteiger partial charge on any atom is -0.464 e. The number of hydrogen-bond donors (Lipinski definition) is 1. The van der Waals surface area contributed by atoms with Crippen LogP contribution in [0.25, 0.3) is 0 Å². The van der Waals surface area contributed by atoms with Gasteiger partial charge in [-0.1, -0.05) is 44.8 Å². The summed E-state index contributed by atoms with van der Waals surface area (Å²) in [7, 11) is 0. The molecule has 42 heavy (non-hydrogen) atoms. The van der Waals surface area contributed by atoms with E-state index >= 15 is 0 Å². The molecule has 2 unspecified atom stereocenters. The van der Waals surface area contributed by atoms with Crippen molar-refractivity contribution in [2.45, 2.75) is 147 Å². The molecule has 8 nitrogen and oxygen atoms in total. The van der Waals surface area contributed by atoms with Crippen molar-refractivity contribution < 1.29 is 38.3 Å². The van der Waals surface area contributed by atoms with Gasteiger partial charge in [-0.2, -0.15) is 0 Å². The first-order valence-corrected chi connectivity index (χ1v) is 17.2. The lowest BCUT2D eigenvalue weighted by Gasteiger charge is -2.36. The Kier molecular flexibility index (Phi) is 15.6. The lowest BCUT2D eigenvalue weighted by Crippen LogP contribution is -2.35. The lowest BCUT2D eigenvalue weighted by atomic mass is 9.80. The molecule has 4 aliphatic rings. The Hall–Kier alpha value is -1.03. The molecule has 0 spiro atoms. The molecule has 7 atom stereocenters. The Balaban J connectivity index is 1.33. The van der Waals surface area contributed by atoms with E-state index in [2.05, 4.69) is 13.0 Å². The predicted molar refractivity (Wildman–Crippen MR) is 161 cm³/mol. The number of rotatable bonds is 17. The highest BCUT2D eigenvalue weighted by Crippen LogP contribution is 2.42. The number of hydrogen-bond acceptors (Lipinski definition) is 8. The number of unbranched alkanes of at least 4 members (excludes halogenated alkanes) is 1. The average Bonchev–Trinajstić information content (AvgIpc) is 3.31. The summed E-state index contributed by atoms with van der Waals surface area (Å²) < 4.78 is 35.8. The van der Waals surface area contributed by atoms with Gasteiger partial charge in [0.25, 0.3) is 0 Å². The van der Waals surface area contributed by atoms with E-state index in [1.165, 1.54) is 38.5 Å². The molecule has 2 saturated heterocycles. The van der Waals surface area contributed by atoms with E-state index in [4.69, 9.17) is 28.4 Å². The van der Waals surface area contributed by atoms with Crippen molar-refractivity contribution in [1.82, 2.24) is 0 Å². The summed E-state index contributed by atoms with van der Waals surface area (Å²) in [6.45, 7) is 4.38. The molecule has 4 rings (SSSR count). The second-order valence-corrected chi connectivity index (χ2v) is 12.8. The van der Waals surface area contributed by atoms with Crippen LogP contribution in [-0.4, -0.2) is 75.0 Å². The van der Waals surface area contributed by atoms with Crippen LogP contribution in [0.2, 0.25) is 0 Å². The smallest absolute Gasteiger partial charge is 0.332 e. The Bertz CT molecular complexity index is 757. The van der Waals surface area contributed by atoms with Crippen LogP contribution in [0.3, 0.4) is 0 Å². The number of allylic oxidation sites excluding steroid dienone is 1. The number of ether oxygens (including phenoxy) is 6. The zero-order valence-electron chi connectivity index (χ0n) is 26.1. The summed E-state index contributed by atoms with van der Waals surface area (Å²) in [5.74, 6) is 0.598. The van der Waals surface area contributed by atoms with Crippen LogP contribution >= 0.6 is 0 Å². The fourth-order valence-corrected chi connectivity index (χ4v) is 7.25. The van der Waals surface area contributed by atoms with Crippen LogP contribution in [0.1, 0.15) is 116 Å². The van der Waals surface area contributed by atoms with E-state index in [1.807, 2.05) is 6.08 Å². The van der Waals surface area contributed by atoms with E-state index in [-0.39, 0.29) is 49.2 Å². The highest BCUT2D eigenvalue weighted by Gasteiger charge is 2.44. The van der Waals surface area contributed by atoms with Crippen LogP contribution in [0.5, 0.6) is 0 Å². The van der Waals surface area contributed by atoms with Gasteiger partial charge in [0.2, 0.25) is 0 Å². The van der Waals surface area contributed by atoms with Gasteiger partial charge in [-0.3, -0.25) is 0 Å². The van der Waals surface area contributed by atoms with E-state index < -0.39 is 6.10 Å². The normalized spacial score (nSPS) is 31.9. The molecule has 0 radical (unpaired) electrons. The third-order valence-corrected chi connectivity index (χ3v) is 9.65. The number of aliphatic hydroxyl groups excluding tert-OH is 1. The largest absolute Gasteiger partial charge is 0.464 e. The Morgan fingerprint density at radius 1 is 0.929 bits per heavy atom. The van der Waals surface area contributed by atoms with Crippen molar-refractivity contribution in [2.75, 3.05) is 33.0 Å². The standard InChI is InChI=1S/C34H58O8/c1-2-3-21-38-32(36)25-37-20-10-7-15-27-28(31(24-29(27)35)42-34-17-9-12-23-40-34)18-19-30(26-13-5-4-6-14-26)41-33-16-8-11-22-39-33/h7,10,26-31,33-35H,2-6,8-9,11-25H2,1H3/b10-7-/t27-,28-,29+,30-,31-,33?,34?/m1/s1. The van der Waals surface area contributed by atoms with Crippen molar-refractivity contribution in [3.05, 3.63) is 12.2 Å². The Morgan fingerprint density at radius 2 is 1.67 bits per heavy atom. The van der Waals surface area contributed by atoms with Crippen LogP contribution in [0.4, 0.5) is 0 Å². The van der Waals surface area contributed by atoms with Gasteiger partial charge < -0.3 is 33.5 Å². The van der Waals surface area contributed by atoms with Crippen molar-refractivity contribution in [3.63, 3.8) is 0 Å². The predicted octanol–water partition coefficient (Wildman–Crippen LogP) is 6.47. The van der Waals surface area contributed by atoms with Gasteiger partial charge in [-0.15, -0.1) is 0 Å². The molecule has 2 saturated carbocycles. The van der Waals surface area contributed by atoms with E-state index in [1.54, 1.807) is 0 Å². The first kappa shape index (κ1) is 33.9. The lowest BCUT2D eigenvalue weighted by molar-refractivity contribution is -0.207. The molecule has 2 aliphatic carbocycles. The third-order valence-electron chi connectivity index (χ3n) is 9.65. The van der Waals surface area contributed by atoms with Crippen LogP contribution in [0, 0.1) is 17.8 Å². The molecular formula is C34H58O8. The van der Waals surface area contributed by atoms with E-state index in [0.29, 0.717) is 25.6 Å². The average molecular weight is 595 g/mol. The second-order valence-electron chi connectivity index (χ2n) is 12.8. The summed E-state index contributed by atoms with van der Waals surface area (Å²) in [6, 6.07) is 0. The topological polar surface area (TPSA) is 92.7 Å². The number of esters is 1. The molecule has 4 fully saturated rings. The van der Waals surface area contributed by atoms with Crippen molar-refractivity contribution in [1.29, 1.82) is 0 Å². The highest BCUT2D eigenvalue weighted by atomic mass is 16.7. The molecule has 2 aliphatic heterocycles. The van der Waals surface area contributed by atoms with E-state index in [9.17, 15) is 9.90 Å². The van der Waals surface area contributed by atoms with Gasteiger partial charge in [-0.25, -0.2) is 4.79 Å². The van der Waals surface area contributed by atoms with Crippen molar-refractivity contribution >= 4 is 5.97 Å². The molecule has 1 N–H and O–H groups in total. The molecular weight excluding hydrogens is 536 g/mol. The summed E-state index contributed by atoms with van der Waals surface area (Å²) in [5.41, 5.74) is 0. The molecule has 0 aromatic rings. The van der Waals surface area contributed by atoms with Gasteiger partial charge in [-0.05, 0) is 94.8 Å². The molecule has 0 bridgehead atoms. The van der Waals surface area contributed by atoms with Gasteiger partial charge in [0.15, 0.2) is 12.6 Å². The molecule has 242 valence electrons. The molecule has 8 heteroatoms. The maximum Gasteiger partial charge on any atom is 0.332 e. The zero-order chi connectivity index (χ0) is 29.4. The zero-order valence-corrected chi connectivity index (χ0v) is 26.1. The molecule has 0 amide bonds. The first-order valence-electron chi connectivity index (χ1n) is 17.2. The quantitative estimate of drug-likeness (QED) is 0.116. The molecule has 0 aromatic carbocycles. The monoisotopic (exact) mass is 594 g/mol.